The molecule has 0 bridgehead atoms. The zero-order chi connectivity index (χ0) is 18.0. The van der Waals surface area contributed by atoms with Crippen LogP contribution in [0.2, 0.25) is 0 Å². The third-order valence-electron chi connectivity index (χ3n) is 4.06. The van der Waals surface area contributed by atoms with Crippen molar-refractivity contribution in [2.75, 3.05) is 14.1 Å². The van der Waals surface area contributed by atoms with Gasteiger partial charge in [-0.15, -0.1) is 0 Å². The van der Waals surface area contributed by atoms with Crippen LogP contribution >= 0.6 is 0 Å². The van der Waals surface area contributed by atoms with Crippen LogP contribution < -0.4 is 4.74 Å². The van der Waals surface area contributed by atoms with Crippen LogP contribution in [0.1, 0.15) is 15.9 Å². The Balaban J connectivity index is 2.01. The zero-order valence-electron chi connectivity index (χ0n) is 14.5. The first-order valence-corrected chi connectivity index (χ1v) is 8.00. The molecule has 0 saturated carbocycles. The highest BCUT2D eigenvalue weighted by Gasteiger charge is 2.24. The van der Waals surface area contributed by atoms with E-state index in [9.17, 15) is 9.59 Å². The summed E-state index contributed by atoms with van der Waals surface area (Å²) < 4.78 is 7.79. The van der Waals surface area contributed by atoms with Gasteiger partial charge in [-0.05, 0) is 17.7 Å². The number of rotatable bonds is 5. The molecule has 0 saturated heterocycles. The number of amides is 1. The molecule has 0 aliphatic heterocycles. The van der Waals surface area contributed by atoms with Gasteiger partial charge in [0.05, 0.1) is 16.5 Å². The van der Waals surface area contributed by atoms with Gasteiger partial charge in [-0.1, -0.05) is 36.4 Å². The van der Waals surface area contributed by atoms with Crippen LogP contribution in [-0.2, 0) is 18.4 Å². The highest BCUT2D eigenvalue weighted by molar-refractivity contribution is 6.45. The van der Waals surface area contributed by atoms with E-state index in [1.165, 1.54) is 4.90 Å². The second kappa shape index (κ2) is 6.81. The summed E-state index contributed by atoms with van der Waals surface area (Å²) in [6.07, 6.45) is 1.68. The zero-order valence-corrected chi connectivity index (χ0v) is 14.5. The van der Waals surface area contributed by atoms with Crippen LogP contribution in [-0.4, -0.2) is 35.3 Å². The van der Waals surface area contributed by atoms with Gasteiger partial charge in [0.2, 0.25) is 0 Å². The second-order valence-electron chi connectivity index (χ2n) is 6.11. The van der Waals surface area contributed by atoms with E-state index < -0.39 is 11.7 Å². The predicted octanol–water partition coefficient (Wildman–Crippen LogP) is 3.03. The van der Waals surface area contributed by atoms with Gasteiger partial charge in [0.25, 0.3) is 11.7 Å². The van der Waals surface area contributed by atoms with Gasteiger partial charge < -0.3 is 14.2 Å². The summed E-state index contributed by atoms with van der Waals surface area (Å²) in [7, 11) is 4.98. The summed E-state index contributed by atoms with van der Waals surface area (Å²) in [6.45, 7) is 0.393. The Morgan fingerprint density at radius 3 is 2.44 bits per heavy atom. The van der Waals surface area contributed by atoms with Crippen molar-refractivity contribution in [1.82, 2.24) is 9.47 Å². The average Bonchev–Trinajstić information content (AvgIpc) is 2.97. The molecule has 0 radical (unpaired) electrons. The summed E-state index contributed by atoms with van der Waals surface area (Å²) in [5.41, 5.74) is 2.24. The van der Waals surface area contributed by atoms with E-state index in [4.69, 9.17) is 4.74 Å². The van der Waals surface area contributed by atoms with Crippen molar-refractivity contribution in [3.63, 3.8) is 0 Å². The number of hydrogen-bond acceptors (Lipinski definition) is 3. The van der Waals surface area contributed by atoms with Gasteiger partial charge in [-0.2, -0.15) is 0 Å². The van der Waals surface area contributed by atoms with E-state index in [1.807, 2.05) is 60.1 Å². The number of carbonyl (C=O) groups excluding carboxylic acids is 2. The fourth-order valence-corrected chi connectivity index (χ4v) is 2.76. The van der Waals surface area contributed by atoms with Crippen molar-refractivity contribution in [3.8, 4) is 5.75 Å². The van der Waals surface area contributed by atoms with E-state index in [1.54, 1.807) is 20.3 Å². The van der Waals surface area contributed by atoms with Crippen LogP contribution in [0, 0.1) is 0 Å². The van der Waals surface area contributed by atoms with Gasteiger partial charge in [-0.3, -0.25) is 9.59 Å². The van der Waals surface area contributed by atoms with Crippen LogP contribution in [0.25, 0.3) is 10.9 Å². The number of nitrogens with zero attached hydrogens (tertiary/aromatic N) is 2. The minimum Gasteiger partial charge on any atom is -0.488 e. The molecule has 0 spiro atoms. The molecule has 5 heteroatoms. The van der Waals surface area contributed by atoms with Crippen molar-refractivity contribution in [3.05, 3.63) is 65.9 Å². The molecular weight excluding hydrogens is 316 g/mol. The average molecular weight is 336 g/mol. The number of ether oxygens (including phenoxy) is 1. The molecule has 5 nitrogen and oxygen atoms in total. The molecule has 3 aromatic rings. The molecule has 1 amide bonds. The van der Waals surface area contributed by atoms with E-state index in [2.05, 4.69) is 0 Å². The van der Waals surface area contributed by atoms with Crippen LogP contribution in [0.5, 0.6) is 5.75 Å². The predicted molar refractivity (Wildman–Crippen MR) is 96.7 cm³/mol. The van der Waals surface area contributed by atoms with Gasteiger partial charge in [0.1, 0.15) is 12.4 Å². The van der Waals surface area contributed by atoms with E-state index in [0.717, 1.165) is 11.1 Å². The molecule has 0 atom stereocenters. The smallest absolute Gasteiger partial charge is 0.294 e. The van der Waals surface area contributed by atoms with Crippen molar-refractivity contribution >= 4 is 22.6 Å². The molecule has 128 valence electrons. The Bertz CT molecular complexity index is 927. The number of ketones is 1. The van der Waals surface area contributed by atoms with Crippen LogP contribution in [0.4, 0.5) is 0 Å². The summed E-state index contributed by atoms with van der Waals surface area (Å²) in [4.78, 5) is 26.0. The molecular formula is C20H20N2O3. The first-order chi connectivity index (χ1) is 12.0. The second-order valence-corrected chi connectivity index (χ2v) is 6.11. The largest absolute Gasteiger partial charge is 0.488 e. The molecule has 1 heterocycles. The standard InChI is InChI=1S/C20H20N2O3/c1-21(2)20(24)19(23)15-12-22(3)16-10-7-11-17(18(15)16)25-13-14-8-5-4-6-9-14/h4-12H,13H2,1-3H3. The summed E-state index contributed by atoms with van der Waals surface area (Å²) in [5.74, 6) is -0.492. The topological polar surface area (TPSA) is 51.5 Å². The lowest BCUT2D eigenvalue weighted by molar-refractivity contribution is -0.124. The first-order valence-electron chi connectivity index (χ1n) is 8.00. The van der Waals surface area contributed by atoms with Crippen molar-refractivity contribution < 1.29 is 14.3 Å². The van der Waals surface area contributed by atoms with Crippen molar-refractivity contribution in [2.24, 2.45) is 7.05 Å². The Morgan fingerprint density at radius 2 is 1.76 bits per heavy atom. The lowest BCUT2D eigenvalue weighted by atomic mass is 10.1. The van der Waals surface area contributed by atoms with Crippen LogP contribution in [0.3, 0.4) is 0 Å². The van der Waals surface area contributed by atoms with E-state index in [0.29, 0.717) is 23.3 Å². The van der Waals surface area contributed by atoms with Gasteiger partial charge in [-0.25, -0.2) is 0 Å². The molecule has 0 aliphatic rings. The summed E-state index contributed by atoms with van der Waals surface area (Å²) >= 11 is 0. The third-order valence-corrected chi connectivity index (χ3v) is 4.06. The maximum atomic E-state index is 12.6. The number of benzene rings is 2. The normalized spacial score (nSPS) is 10.7. The first kappa shape index (κ1) is 16.8. The summed E-state index contributed by atoms with van der Waals surface area (Å²) in [5, 5.41) is 0.668. The SMILES string of the molecule is CN(C)C(=O)C(=O)c1cn(C)c2cccc(OCc3ccccc3)c12. The molecule has 0 aliphatic carbocycles. The molecule has 25 heavy (non-hydrogen) atoms. The minimum atomic E-state index is -0.551. The Hall–Kier alpha value is -3.08. The minimum absolute atomic E-state index is 0.361. The number of Topliss-reactive ketones (excluding diaryl/α,β-unsaturated/α-hetero) is 1. The summed E-state index contributed by atoms with van der Waals surface area (Å²) in [6, 6.07) is 15.4. The third kappa shape index (κ3) is 3.26. The fraction of sp³-hybridized carbons (Fsp3) is 0.200. The van der Waals surface area contributed by atoms with Gasteiger partial charge >= 0.3 is 0 Å². The lowest BCUT2D eigenvalue weighted by Gasteiger charge is -2.11. The van der Waals surface area contributed by atoms with Crippen molar-refractivity contribution in [1.29, 1.82) is 0 Å². The van der Waals surface area contributed by atoms with E-state index in [-0.39, 0.29) is 0 Å². The van der Waals surface area contributed by atoms with Gasteiger partial charge in [0.15, 0.2) is 0 Å². The van der Waals surface area contributed by atoms with Gasteiger partial charge in [0, 0.05) is 27.3 Å². The number of fused-ring (bicyclic) bond motifs is 1. The molecule has 0 N–H and O–H groups in total. The maximum absolute atomic E-state index is 12.6. The molecule has 0 fully saturated rings. The number of hydrogen-bond donors (Lipinski definition) is 0. The highest BCUT2D eigenvalue weighted by atomic mass is 16.5. The van der Waals surface area contributed by atoms with Crippen LogP contribution in [0.15, 0.2) is 54.7 Å². The number of likely N-dealkylation sites (N-methyl/N-ethyl adjacent to an activating group) is 1. The Labute approximate surface area is 146 Å². The Morgan fingerprint density at radius 1 is 1.04 bits per heavy atom. The monoisotopic (exact) mass is 336 g/mol. The van der Waals surface area contributed by atoms with Crippen molar-refractivity contribution in [2.45, 2.75) is 6.61 Å². The Kier molecular flexibility index (Phi) is 4.57. The number of aryl methyl sites for hydroxylation is 1. The molecule has 1 aromatic heterocycles. The molecule has 3 rings (SSSR count). The highest BCUT2D eigenvalue weighted by Crippen LogP contribution is 2.31. The van der Waals surface area contributed by atoms with E-state index >= 15 is 0 Å². The number of aromatic nitrogens is 1. The fourth-order valence-electron chi connectivity index (χ4n) is 2.76. The number of carbonyl (C=O) groups is 2. The lowest BCUT2D eigenvalue weighted by Crippen LogP contribution is -2.29. The molecule has 2 aromatic carbocycles. The maximum Gasteiger partial charge on any atom is 0.294 e. The quantitative estimate of drug-likeness (QED) is 0.531. The molecule has 0 unspecified atom stereocenters.